The van der Waals surface area contributed by atoms with Crippen LogP contribution in [0.3, 0.4) is 0 Å². The minimum absolute atomic E-state index is 0.0534. The Labute approximate surface area is 94.9 Å². The molecule has 0 aliphatic rings. The maximum Gasteiger partial charge on any atom is 0.353 e. The van der Waals surface area contributed by atoms with Gasteiger partial charge in [0.15, 0.2) is 12.0 Å². The van der Waals surface area contributed by atoms with Gasteiger partial charge in [-0.2, -0.15) is 5.10 Å². The van der Waals surface area contributed by atoms with Crippen LogP contribution in [0.5, 0.6) is 0 Å². The molecule has 3 rings (SSSR count). The van der Waals surface area contributed by atoms with Gasteiger partial charge in [0.2, 0.25) is 0 Å². The Hall–Kier alpha value is -2.63. The predicted molar refractivity (Wildman–Crippen MR) is 58.6 cm³/mol. The number of benzene rings is 1. The molecule has 0 radical (unpaired) electrons. The highest BCUT2D eigenvalue weighted by molar-refractivity contribution is 5.87. The number of carbonyl (C=O) groups is 1. The van der Waals surface area contributed by atoms with Gasteiger partial charge in [0, 0.05) is 5.56 Å². The van der Waals surface area contributed by atoms with Crippen molar-refractivity contribution < 1.29 is 14.3 Å². The number of aromatic nitrogens is 3. The van der Waals surface area contributed by atoms with E-state index in [0.717, 1.165) is 11.1 Å². The molecule has 0 saturated heterocycles. The van der Waals surface area contributed by atoms with Crippen LogP contribution >= 0.6 is 0 Å². The number of fused-ring (bicyclic) bond motifs is 1. The maximum absolute atomic E-state index is 10.7. The molecule has 0 atom stereocenters. The third-order valence-corrected chi connectivity index (χ3v) is 2.44. The van der Waals surface area contributed by atoms with E-state index >= 15 is 0 Å². The Morgan fingerprint density at radius 2 is 2.24 bits per heavy atom. The van der Waals surface area contributed by atoms with Gasteiger partial charge in [-0.3, -0.25) is 5.10 Å². The first kappa shape index (κ1) is 9.59. The number of hydrogen-bond acceptors (Lipinski definition) is 4. The van der Waals surface area contributed by atoms with E-state index in [4.69, 9.17) is 9.52 Å². The van der Waals surface area contributed by atoms with Gasteiger partial charge in [0.05, 0.1) is 5.69 Å². The summed E-state index contributed by atoms with van der Waals surface area (Å²) in [5.41, 5.74) is 2.78. The van der Waals surface area contributed by atoms with Gasteiger partial charge in [-0.05, 0) is 18.2 Å². The molecule has 3 aromatic rings. The third-order valence-electron chi connectivity index (χ3n) is 2.44. The fourth-order valence-corrected chi connectivity index (χ4v) is 1.59. The van der Waals surface area contributed by atoms with Crippen molar-refractivity contribution in [3.8, 4) is 11.3 Å². The Bertz CT molecular complexity index is 699. The Balaban J connectivity index is 2.09. The molecule has 2 N–H and O–H groups in total. The zero-order valence-electron chi connectivity index (χ0n) is 8.54. The van der Waals surface area contributed by atoms with Crippen LogP contribution in [-0.4, -0.2) is 26.3 Å². The second-order valence-electron chi connectivity index (χ2n) is 3.51. The van der Waals surface area contributed by atoms with Crippen molar-refractivity contribution in [2.24, 2.45) is 0 Å². The molecular formula is C11H7N3O3. The van der Waals surface area contributed by atoms with Gasteiger partial charge >= 0.3 is 5.97 Å². The van der Waals surface area contributed by atoms with E-state index in [2.05, 4.69) is 15.2 Å². The molecule has 2 aromatic heterocycles. The van der Waals surface area contributed by atoms with Crippen molar-refractivity contribution in [2.45, 2.75) is 0 Å². The van der Waals surface area contributed by atoms with Crippen LogP contribution in [0.2, 0.25) is 0 Å². The van der Waals surface area contributed by atoms with E-state index in [1.807, 2.05) is 6.07 Å². The normalized spacial score (nSPS) is 10.8. The summed E-state index contributed by atoms with van der Waals surface area (Å²) in [4.78, 5) is 14.7. The minimum atomic E-state index is -1.04. The largest absolute Gasteiger partial charge is 0.477 e. The van der Waals surface area contributed by atoms with Crippen molar-refractivity contribution >= 4 is 17.1 Å². The van der Waals surface area contributed by atoms with Gasteiger partial charge in [-0.15, -0.1) is 0 Å². The second kappa shape index (κ2) is 3.44. The van der Waals surface area contributed by atoms with E-state index < -0.39 is 5.97 Å². The average molecular weight is 229 g/mol. The summed E-state index contributed by atoms with van der Waals surface area (Å²) in [7, 11) is 0. The highest BCUT2D eigenvalue weighted by Gasteiger charge is 2.10. The summed E-state index contributed by atoms with van der Waals surface area (Å²) in [5.74, 6) is -1.04. The van der Waals surface area contributed by atoms with Crippen molar-refractivity contribution in [3.05, 3.63) is 36.4 Å². The monoisotopic (exact) mass is 229 g/mol. The standard InChI is InChI=1S/C11H7N3O3/c15-11(16)9-4-8(13-14-9)6-1-2-7-10(3-6)17-5-12-7/h1-5H,(H,13,14)(H,15,16). The van der Waals surface area contributed by atoms with Gasteiger partial charge < -0.3 is 9.52 Å². The lowest BCUT2D eigenvalue weighted by Crippen LogP contribution is -1.95. The van der Waals surface area contributed by atoms with Crippen molar-refractivity contribution in [1.82, 2.24) is 15.2 Å². The highest BCUT2D eigenvalue weighted by atomic mass is 16.4. The summed E-state index contributed by atoms with van der Waals surface area (Å²) in [5, 5.41) is 15.2. The SMILES string of the molecule is O=C(O)c1cc(-c2ccc3ncoc3c2)n[nH]1. The predicted octanol–water partition coefficient (Wildman–Crippen LogP) is 1.92. The summed E-state index contributed by atoms with van der Waals surface area (Å²) < 4.78 is 5.17. The van der Waals surface area contributed by atoms with Crippen molar-refractivity contribution in [3.63, 3.8) is 0 Å². The number of nitrogens with one attached hydrogen (secondary N) is 1. The number of aromatic carboxylic acids is 1. The van der Waals surface area contributed by atoms with E-state index in [1.54, 1.807) is 12.1 Å². The third kappa shape index (κ3) is 1.55. The quantitative estimate of drug-likeness (QED) is 0.700. The van der Waals surface area contributed by atoms with Crippen LogP contribution in [0.25, 0.3) is 22.4 Å². The number of hydrogen-bond donors (Lipinski definition) is 2. The van der Waals surface area contributed by atoms with Crippen LogP contribution in [0.4, 0.5) is 0 Å². The van der Waals surface area contributed by atoms with E-state index in [1.165, 1.54) is 12.5 Å². The molecule has 0 spiro atoms. The maximum atomic E-state index is 10.7. The minimum Gasteiger partial charge on any atom is -0.477 e. The Morgan fingerprint density at radius 1 is 1.35 bits per heavy atom. The zero-order chi connectivity index (χ0) is 11.8. The van der Waals surface area contributed by atoms with E-state index in [-0.39, 0.29) is 5.69 Å². The smallest absolute Gasteiger partial charge is 0.353 e. The Morgan fingerprint density at radius 3 is 3.00 bits per heavy atom. The average Bonchev–Trinajstić information content (AvgIpc) is 2.97. The fraction of sp³-hybridized carbons (Fsp3) is 0. The fourth-order valence-electron chi connectivity index (χ4n) is 1.59. The molecule has 0 unspecified atom stereocenters. The molecular weight excluding hydrogens is 222 g/mol. The van der Waals surface area contributed by atoms with E-state index in [9.17, 15) is 4.79 Å². The summed E-state index contributed by atoms with van der Waals surface area (Å²) in [6, 6.07) is 6.85. The number of oxazole rings is 1. The lowest BCUT2D eigenvalue weighted by molar-refractivity contribution is 0.0690. The molecule has 17 heavy (non-hydrogen) atoms. The first-order valence-electron chi connectivity index (χ1n) is 4.86. The molecule has 0 amide bonds. The summed E-state index contributed by atoms with van der Waals surface area (Å²) in [6.45, 7) is 0. The topological polar surface area (TPSA) is 92.0 Å². The summed E-state index contributed by atoms with van der Waals surface area (Å²) >= 11 is 0. The van der Waals surface area contributed by atoms with Crippen LogP contribution in [0, 0.1) is 0 Å². The number of carboxylic acid groups (broad SMARTS) is 1. The lowest BCUT2D eigenvalue weighted by Gasteiger charge is -1.94. The van der Waals surface area contributed by atoms with Gasteiger partial charge in [-0.25, -0.2) is 9.78 Å². The van der Waals surface area contributed by atoms with Crippen LogP contribution in [0.1, 0.15) is 10.5 Å². The zero-order valence-corrected chi connectivity index (χ0v) is 8.54. The number of rotatable bonds is 2. The molecule has 0 bridgehead atoms. The second-order valence-corrected chi connectivity index (χ2v) is 3.51. The first-order chi connectivity index (χ1) is 8.24. The number of H-pyrrole nitrogens is 1. The molecule has 0 saturated carbocycles. The van der Waals surface area contributed by atoms with Crippen LogP contribution in [0.15, 0.2) is 35.1 Å². The molecule has 0 aliphatic heterocycles. The van der Waals surface area contributed by atoms with Crippen LogP contribution < -0.4 is 0 Å². The van der Waals surface area contributed by atoms with Crippen molar-refractivity contribution in [2.75, 3.05) is 0 Å². The molecule has 0 fully saturated rings. The molecule has 2 heterocycles. The van der Waals surface area contributed by atoms with Gasteiger partial charge in [-0.1, -0.05) is 6.07 Å². The van der Waals surface area contributed by atoms with E-state index in [0.29, 0.717) is 11.3 Å². The van der Waals surface area contributed by atoms with Crippen LogP contribution in [-0.2, 0) is 0 Å². The Kier molecular flexibility index (Phi) is 1.94. The molecule has 1 aromatic carbocycles. The number of nitrogens with zero attached hydrogens (tertiary/aromatic N) is 2. The molecule has 0 aliphatic carbocycles. The molecule has 84 valence electrons. The van der Waals surface area contributed by atoms with Gasteiger partial charge in [0.1, 0.15) is 11.2 Å². The number of aromatic amines is 1. The number of carboxylic acids is 1. The molecule has 6 nitrogen and oxygen atoms in total. The lowest BCUT2D eigenvalue weighted by atomic mass is 10.1. The highest BCUT2D eigenvalue weighted by Crippen LogP contribution is 2.22. The summed E-state index contributed by atoms with van der Waals surface area (Å²) in [6.07, 6.45) is 1.36. The first-order valence-corrected chi connectivity index (χ1v) is 4.86. The molecule has 6 heteroatoms. The van der Waals surface area contributed by atoms with Gasteiger partial charge in [0.25, 0.3) is 0 Å². The van der Waals surface area contributed by atoms with Crippen molar-refractivity contribution in [1.29, 1.82) is 0 Å².